The predicted octanol–water partition coefficient (Wildman–Crippen LogP) is 0.977. The fourth-order valence-corrected chi connectivity index (χ4v) is 2.41. The Morgan fingerprint density at radius 2 is 2.00 bits per heavy atom. The van der Waals surface area contributed by atoms with Crippen LogP contribution in [-0.2, 0) is 4.79 Å². The van der Waals surface area contributed by atoms with E-state index in [0.29, 0.717) is 6.42 Å². The second-order valence-corrected chi connectivity index (χ2v) is 4.98. The first-order valence-electron chi connectivity index (χ1n) is 6.85. The van der Waals surface area contributed by atoms with Crippen molar-refractivity contribution in [2.24, 2.45) is 0 Å². The van der Waals surface area contributed by atoms with Gasteiger partial charge >= 0.3 is 0 Å². The predicted molar refractivity (Wildman–Crippen MR) is 71.1 cm³/mol. The minimum atomic E-state index is 0.181. The monoisotopic (exact) mass is 241 g/mol. The first-order valence-corrected chi connectivity index (χ1v) is 6.85. The molecule has 0 spiro atoms. The zero-order valence-electron chi connectivity index (χ0n) is 11.3. The van der Waals surface area contributed by atoms with Crippen LogP contribution in [0.3, 0.4) is 0 Å². The smallest absolute Gasteiger partial charge is 0.220 e. The molecule has 0 radical (unpaired) electrons. The van der Waals surface area contributed by atoms with Crippen molar-refractivity contribution < 1.29 is 4.79 Å². The third-order valence-electron chi connectivity index (χ3n) is 3.57. The highest BCUT2D eigenvalue weighted by atomic mass is 16.1. The summed E-state index contributed by atoms with van der Waals surface area (Å²) >= 11 is 0. The molecule has 0 aromatic rings. The lowest BCUT2D eigenvalue weighted by atomic mass is 10.2. The van der Waals surface area contributed by atoms with Crippen molar-refractivity contribution in [1.82, 2.24) is 15.5 Å². The average Bonchev–Trinajstić information content (AvgIpc) is 2.82. The first kappa shape index (κ1) is 14.5. The molecule has 0 heterocycles. The number of nitrogens with zero attached hydrogens (tertiary/aromatic N) is 1. The van der Waals surface area contributed by atoms with Crippen LogP contribution in [-0.4, -0.2) is 50.6 Å². The van der Waals surface area contributed by atoms with Crippen LogP contribution in [0, 0.1) is 0 Å². The lowest BCUT2D eigenvalue weighted by Crippen LogP contribution is -2.37. The Hall–Kier alpha value is -0.610. The molecular weight excluding hydrogens is 214 g/mol. The second-order valence-electron chi connectivity index (χ2n) is 4.98. The number of nitrogens with one attached hydrogen (secondary N) is 2. The van der Waals surface area contributed by atoms with Crippen LogP contribution in [0.2, 0.25) is 0 Å². The molecule has 1 fully saturated rings. The van der Waals surface area contributed by atoms with Crippen LogP contribution in [0.25, 0.3) is 0 Å². The summed E-state index contributed by atoms with van der Waals surface area (Å²) in [6, 6.07) is 0.746. The van der Waals surface area contributed by atoms with Crippen LogP contribution in [0.15, 0.2) is 0 Å². The third kappa shape index (κ3) is 6.03. The summed E-state index contributed by atoms with van der Waals surface area (Å²) in [4.78, 5) is 13.9. The van der Waals surface area contributed by atoms with E-state index >= 15 is 0 Å². The number of likely N-dealkylation sites (N-methyl/N-ethyl adjacent to an activating group) is 1. The molecule has 1 saturated carbocycles. The van der Waals surface area contributed by atoms with Crippen LogP contribution in [0.1, 0.15) is 38.5 Å². The van der Waals surface area contributed by atoms with Gasteiger partial charge in [-0.2, -0.15) is 0 Å². The van der Waals surface area contributed by atoms with Gasteiger partial charge in [0.1, 0.15) is 0 Å². The summed E-state index contributed by atoms with van der Waals surface area (Å²) < 4.78 is 0. The number of carbonyl (C=O) groups is 1. The highest BCUT2D eigenvalue weighted by Gasteiger charge is 2.18. The summed E-state index contributed by atoms with van der Waals surface area (Å²) in [6.07, 6.45) is 6.94. The molecular formula is C13H27N3O. The molecule has 100 valence electrons. The molecule has 0 aliphatic heterocycles. The van der Waals surface area contributed by atoms with E-state index < -0.39 is 0 Å². The fraction of sp³-hybridized carbons (Fsp3) is 0.923. The Morgan fingerprint density at radius 3 is 2.65 bits per heavy atom. The largest absolute Gasteiger partial charge is 0.355 e. The van der Waals surface area contributed by atoms with E-state index in [4.69, 9.17) is 0 Å². The molecule has 1 aliphatic carbocycles. The van der Waals surface area contributed by atoms with E-state index in [9.17, 15) is 4.79 Å². The van der Waals surface area contributed by atoms with E-state index in [1.165, 1.54) is 25.7 Å². The number of amides is 1. The van der Waals surface area contributed by atoms with Gasteiger partial charge in [0.2, 0.25) is 5.91 Å². The van der Waals surface area contributed by atoms with Crippen molar-refractivity contribution >= 4 is 5.91 Å². The van der Waals surface area contributed by atoms with Crippen molar-refractivity contribution in [3.05, 3.63) is 0 Å². The van der Waals surface area contributed by atoms with Crippen LogP contribution in [0.5, 0.6) is 0 Å². The molecule has 0 aromatic heterocycles. The third-order valence-corrected chi connectivity index (χ3v) is 3.57. The maximum Gasteiger partial charge on any atom is 0.220 e. The molecule has 0 bridgehead atoms. The van der Waals surface area contributed by atoms with Gasteiger partial charge in [0.05, 0.1) is 0 Å². The molecule has 4 heteroatoms. The number of rotatable bonds is 8. The zero-order chi connectivity index (χ0) is 12.5. The van der Waals surface area contributed by atoms with Crippen molar-refractivity contribution in [2.45, 2.75) is 44.6 Å². The maximum absolute atomic E-state index is 11.5. The Bertz CT molecular complexity index is 215. The SMILES string of the molecule is CNCCCC(=O)NCCN(C)C1CCCC1. The van der Waals surface area contributed by atoms with Crippen molar-refractivity contribution in [2.75, 3.05) is 33.7 Å². The molecule has 0 aromatic carbocycles. The fourth-order valence-electron chi connectivity index (χ4n) is 2.41. The minimum Gasteiger partial charge on any atom is -0.355 e. The molecule has 0 saturated heterocycles. The van der Waals surface area contributed by atoms with Gasteiger partial charge in [-0.25, -0.2) is 0 Å². The Balaban J connectivity index is 2.00. The van der Waals surface area contributed by atoms with Crippen LogP contribution in [0.4, 0.5) is 0 Å². The van der Waals surface area contributed by atoms with Gasteiger partial charge in [-0.05, 0) is 39.9 Å². The van der Waals surface area contributed by atoms with E-state index in [1.807, 2.05) is 7.05 Å². The second kappa shape index (κ2) is 8.48. The molecule has 2 N–H and O–H groups in total. The lowest BCUT2D eigenvalue weighted by Gasteiger charge is -2.23. The molecule has 0 unspecified atom stereocenters. The molecule has 1 rings (SSSR count). The van der Waals surface area contributed by atoms with Gasteiger partial charge in [0.25, 0.3) is 0 Å². The molecule has 1 amide bonds. The van der Waals surface area contributed by atoms with E-state index in [1.54, 1.807) is 0 Å². The summed E-state index contributed by atoms with van der Waals surface area (Å²) in [5, 5.41) is 6.03. The molecule has 17 heavy (non-hydrogen) atoms. The topological polar surface area (TPSA) is 44.4 Å². The first-order chi connectivity index (χ1) is 8.24. The van der Waals surface area contributed by atoms with Gasteiger partial charge in [-0.1, -0.05) is 12.8 Å². The Labute approximate surface area is 105 Å². The van der Waals surface area contributed by atoms with Crippen molar-refractivity contribution in [3.8, 4) is 0 Å². The average molecular weight is 241 g/mol. The zero-order valence-corrected chi connectivity index (χ0v) is 11.3. The van der Waals surface area contributed by atoms with Crippen LogP contribution >= 0.6 is 0 Å². The number of carbonyl (C=O) groups excluding carboxylic acids is 1. The maximum atomic E-state index is 11.5. The summed E-state index contributed by atoms with van der Waals surface area (Å²) in [6.45, 7) is 2.67. The van der Waals surface area contributed by atoms with Gasteiger partial charge in [0.15, 0.2) is 0 Å². The molecule has 1 aliphatic rings. The number of hydrogen-bond acceptors (Lipinski definition) is 3. The highest BCUT2D eigenvalue weighted by molar-refractivity contribution is 5.75. The quantitative estimate of drug-likeness (QED) is 0.623. The van der Waals surface area contributed by atoms with Crippen LogP contribution < -0.4 is 10.6 Å². The summed E-state index contributed by atoms with van der Waals surface area (Å²) in [5.74, 6) is 0.181. The summed E-state index contributed by atoms with van der Waals surface area (Å²) in [7, 11) is 4.08. The van der Waals surface area contributed by atoms with E-state index in [0.717, 1.165) is 32.1 Å². The van der Waals surface area contributed by atoms with Crippen molar-refractivity contribution in [1.29, 1.82) is 0 Å². The van der Waals surface area contributed by atoms with E-state index in [-0.39, 0.29) is 5.91 Å². The van der Waals surface area contributed by atoms with Gasteiger partial charge in [0, 0.05) is 25.6 Å². The van der Waals surface area contributed by atoms with Gasteiger partial charge < -0.3 is 15.5 Å². The van der Waals surface area contributed by atoms with E-state index in [2.05, 4.69) is 22.6 Å². The van der Waals surface area contributed by atoms with Gasteiger partial charge in [-0.15, -0.1) is 0 Å². The number of hydrogen-bond donors (Lipinski definition) is 2. The van der Waals surface area contributed by atoms with Gasteiger partial charge in [-0.3, -0.25) is 4.79 Å². The molecule has 4 nitrogen and oxygen atoms in total. The standard InChI is InChI=1S/C13H27N3O/c1-14-9-5-8-13(17)15-10-11-16(2)12-6-3-4-7-12/h12,14H,3-11H2,1-2H3,(H,15,17). The Kier molecular flexibility index (Phi) is 7.21. The van der Waals surface area contributed by atoms with Crippen molar-refractivity contribution in [3.63, 3.8) is 0 Å². The normalized spacial score (nSPS) is 16.6. The Morgan fingerprint density at radius 1 is 1.29 bits per heavy atom. The molecule has 0 atom stereocenters. The minimum absolute atomic E-state index is 0.181. The highest BCUT2D eigenvalue weighted by Crippen LogP contribution is 2.21. The summed E-state index contributed by atoms with van der Waals surface area (Å²) in [5.41, 5.74) is 0. The lowest BCUT2D eigenvalue weighted by molar-refractivity contribution is -0.121.